The van der Waals surface area contributed by atoms with Crippen LogP contribution in [0.4, 0.5) is 19.0 Å². The van der Waals surface area contributed by atoms with Crippen LogP contribution >= 0.6 is 0 Å². The first-order chi connectivity index (χ1) is 21.4. The molecule has 2 aliphatic rings. The van der Waals surface area contributed by atoms with Gasteiger partial charge in [-0.1, -0.05) is 18.2 Å². The number of carbonyl (C=O) groups excluding carboxylic acids is 1. The summed E-state index contributed by atoms with van der Waals surface area (Å²) in [6.45, 7) is 9.52. The fourth-order valence-electron chi connectivity index (χ4n) is 6.76. The van der Waals surface area contributed by atoms with Crippen molar-refractivity contribution in [2.24, 2.45) is 5.92 Å². The third-order valence-electron chi connectivity index (χ3n) is 9.66. The van der Waals surface area contributed by atoms with E-state index in [4.69, 9.17) is 9.47 Å². The Kier molecular flexibility index (Phi) is 9.55. The number of amides is 1. The monoisotopic (exact) mass is 628 g/mol. The van der Waals surface area contributed by atoms with Crippen LogP contribution in [0.1, 0.15) is 76.1 Å². The summed E-state index contributed by atoms with van der Waals surface area (Å²) in [5, 5.41) is 3.77. The van der Waals surface area contributed by atoms with Gasteiger partial charge in [0.1, 0.15) is 23.6 Å². The van der Waals surface area contributed by atoms with Crippen molar-refractivity contribution in [3.63, 3.8) is 0 Å². The van der Waals surface area contributed by atoms with Gasteiger partial charge in [0.15, 0.2) is 5.65 Å². The number of halogens is 3. The number of anilines is 1. The summed E-state index contributed by atoms with van der Waals surface area (Å²) in [6, 6.07) is 5.64. The van der Waals surface area contributed by atoms with Crippen molar-refractivity contribution in [2.75, 3.05) is 45.7 Å². The minimum absolute atomic E-state index is 0.00255. The maximum Gasteiger partial charge on any atom is 0.278 e. The summed E-state index contributed by atoms with van der Waals surface area (Å²) in [4.78, 5) is 29.3. The van der Waals surface area contributed by atoms with Crippen molar-refractivity contribution in [1.82, 2.24) is 24.8 Å². The van der Waals surface area contributed by atoms with E-state index in [0.717, 1.165) is 0 Å². The van der Waals surface area contributed by atoms with Gasteiger partial charge in [-0.15, -0.1) is 0 Å². The topological polar surface area (TPSA) is 92.7 Å². The Labute approximate surface area is 262 Å². The first-order valence-corrected chi connectivity index (χ1v) is 15.6. The van der Waals surface area contributed by atoms with E-state index >= 15 is 13.2 Å². The van der Waals surface area contributed by atoms with Gasteiger partial charge < -0.3 is 24.6 Å². The number of nitrogens with one attached hydrogen (secondary N) is 1. The van der Waals surface area contributed by atoms with Crippen LogP contribution in [0.2, 0.25) is 0 Å². The summed E-state index contributed by atoms with van der Waals surface area (Å²) in [5.74, 6) is -4.42. The minimum Gasteiger partial charge on any atom is -0.481 e. The van der Waals surface area contributed by atoms with Crippen LogP contribution in [0.25, 0.3) is 11.0 Å². The van der Waals surface area contributed by atoms with Crippen molar-refractivity contribution < 1.29 is 27.4 Å². The molecule has 12 heteroatoms. The molecule has 45 heavy (non-hydrogen) atoms. The van der Waals surface area contributed by atoms with Crippen LogP contribution in [-0.2, 0) is 21.1 Å². The average molecular weight is 629 g/mol. The standard InChI is InChI=1S/C33H43F3N6O3/c1-20(2)41-14-10-23(11-15-41)33(35,36)26-9-7-8-24(28(26)34)21(3)39-29-25-18-27(31(44-5)40-30(25)38-19-37-29)32(45-6)12-16-42(17-13-32)22(4)43/h7-9,18-21,23H,10-17H2,1-6H3,(H,37,38,39,40)/t21-/m1/s1. The number of benzene rings is 1. The first-order valence-electron chi connectivity index (χ1n) is 15.6. The Morgan fingerprint density at radius 2 is 1.78 bits per heavy atom. The number of ether oxygens (including phenoxy) is 2. The van der Waals surface area contributed by atoms with Crippen LogP contribution in [0.5, 0.6) is 5.88 Å². The molecule has 2 aromatic heterocycles. The number of alkyl halides is 2. The molecule has 0 aliphatic carbocycles. The Hall–Kier alpha value is -3.51. The fourth-order valence-corrected chi connectivity index (χ4v) is 6.76. The first kappa shape index (κ1) is 32.9. The van der Waals surface area contributed by atoms with E-state index in [0.29, 0.717) is 80.2 Å². The average Bonchev–Trinajstić information content (AvgIpc) is 3.04. The quantitative estimate of drug-likeness (QED) is 0.307. The molecule has 3 aromatic rings. The number of fused-ring (bicyclic) bond motifs is 1. The molecule has 0 saturated carbocycles. The summed E-state index contributed by atoms with van der Waals surface area (Å²) in [6.07, 6.45) is 3.02. The second kappa shape index (κ2) is 13.1. The lowest BCUT2D eigenvalue weighted by Gasteiger charge is -2.41. The molecular weight excluding hydrogens is 585 g/mol. The maximum atomic E-state index is 15.9. The number of pyridine rings is 1. The molecule has 1 aromatic carbocycles. The normalized spacial score (nSPS) is 18.8. The third-order valence-corrected chi connectivity index (χ3v) is 9.66. The number of aromatic nitrogens is 3. The summed E-state index contributed by atoms with van der Waals surface area (Å²) in [5.41, 5.74) is -0.192. The zero-order valence-electron chi connectivity index (χ0n) is 26.9. The lowest BCUT2D eigenvalue weighted by molar-refractivity contribution is -0.135. The lowest BCUT2D eigenvalue weighted by atomic mass is 9.84. The molecule has 1 N–H and O–H groups in total. The predicted octanol–water partition coefficient (Wildman–Crippen LogP) is 6.04. The molecule has 2 aliphatic heterocycles. The van der Waals surface area contributed by atoms with Crippen molar-refractivity contribution >= 4 is 22.8 Å². The van der Waals surface area contributed by atoms with Gasteiger partial charge in [0.2, 0.25) is 11.8 Å². The highest BCUT2D eigenvalue weighted by Crippen LogP contribution is 2.45. The smallest absolute Gasteiger partial charge is 0.278 e. The molecule has 0 unspecified atom stereocenters. The van der Waals surface area contributed by atoms with Crippen LogP contribution in [-0.4, -0.2) is 77.1 Å². The SMILES string of the molecule is COc1nc2ncnc(N[C@H](C)c3cccc(C(F)(F)C4CCN(C(C)C)CC4)c3F)c2cc1C1(OC)CCN(C(C)=O)CC1. The van der Waals surface area contributed by atoms with Crippen molar-refractivity contribution in [3.05, 3.63) is 53.1 Å². The maximum absolute atomic E-state index is 15.9. The number of carbonyl (C=O) groups is 1. The Balaban J connectivity index is 1.44. The molecular formula is C33H43F3N6O3. The Bertz CT molecular complexity index is 1520. The highest BCUT2D eigenvalue weighted by molar-refractivity contribution is 5.87. The number of hydrogen-bond donors (Lipinski definition) is 1. The largest absolute Gasteiger partial charge is 0.481 e. The van der Waals surface area contributed by atoms with Crippen LogP contribution in [0.15, 0.2) is 30.6 Å². The number of nitrogens with zero attached hydrogens (tertiary/aromatic N) is 5. The number of hydrogen-bond acceptors (Lipinski definition) is 8. The highest BCUT2D eigenvalue weighted by Gasteiger charge is 2.45. The third kappa shape index (κ3) is 6.31. The number of piperidine rings is 2. The van der Waals surface area contributed by atoms with Gasteiger partial charge in [-0.3, -0.25) is 4.79 Å². The molecule has 4 heterocycles. The van der Waals surface area contributed by atoms with Gasteiger partial charge in [-0.25, -0.2) is 23.1 Å². The van der Waals surface area contributed by atoms with E-state index in [1.54, 1.807) is 25.9 Å². The fraction of sp³-hybridized carbons (Fsp3) is 0.576. The second-order valence-corrected chi connectivity index (χ2v) is 12.4. The van der Waals surface area contributed by atoms with Crippen molar-refractivity contribution in [3.8, 4) is 5.88 Å². The van der Waals surface area contributed by atoms with Gasteiger partial charge >= 0.3 is 0 Å². The molecule has 1 atom stereocenters. The molecule has 1 amide bonds. The second-order valence-electron chi connectivity index (χ2n) is 12.4. The Morgan fingerprint density at radius 1 is 1.09 bits per heavy atom. The van der Waals surface area contributed by atoms with Crippen LogP contribution < -0.4 is 10.1 Å². The van der Waals surface area contributed by atoms with Gasteiger partial charge in [0.25, 0.3) is 5.92 Å². The van der Waals surface area contributed by atoms with Crippen molar-refractivity contribution in [1.29, 1.82) is 0 Å². The van der Waals surface area contributed by atoms with E-state index in [-0.39, 0.29) is 17.5 Å². The van der Waals surface area contributed by atoms with Gasteiger partial charge in [-0.2, -0.15) is 4.98 Å². The van der Waals surface area contributed by atoms with Gasteiger partial charge in [-0.05, 0) is 65.6 Å². The molecule has 9 nitrogen and oxygen atoms in total. The van der Waals surface area contributed by atoms with E-state index in [1.807, 2.05) is 6.07 Å². The van der Waals surface area contributed by atoms with Gasteiger partial charge in [0.05, 0.1) is 24.1 Å². The van der Waals surface area contributed by atoms with Crippen LogP contribution in [0, 0.1) is 11.7 Å². The molecule has 0 spiro atoms. The van der Waals surface area contributed by atoms with E-state index in [1.165, 1.54) is 31.6 Å². The summed E-state index contributed by atoms with van der Waals surface area (Å²) in [7, 11) is 3.14. The molecule has 0 bridgehead atoms. The zero-order valence-corrected chi connectivity index (χ0v) is 26.9. The highest BCUT2D eigenvalue weighted by atomic mass is 19.3. The molecule has 5 rings (SSSR count). The lowest BCUT2D eigenvalue weighted by Crippen LogP contribution is -2.45. The summed E-state index contributed by atoms with van der Waals surface area (Å²) < 4.78 is 59.2. The number of likely N-dealkylation sites (tertiary alicyclic amines) is 2. The Morgan fingerprint density at radius 3 is 2.38 bits per heavy atom. The molecule has 244 valence electrons. The molecule has 0 radical (unpaired) electrons. The van der Waals surface area contributed by atoms with Crippen LogP contribution in [0.3, 0.4) is 0 Å². The number of methoxy groups -OCH3 is 2. The molecule has 2 saturated heterocycles. The van der Waals surface area contributed by atoms with E-state index in [9.17, 15) is 4.79 Å². The van der Waals surface area contributed by atoms with Gasteiger partial charge in [0, 0.05) is 50.2 Å². The molecule has 2 fully saturated rings. The minimum atomic E-state index is -3.30. The number of rotatable bonds is 9. The van der Waals surface area contributed by atoms with E-state index < -0.39 is 34.9 Å². The predicted molar refractivity (Wildman–Crippen MR) is 166 cm³/mol. The zero-order chi connectivity index (χ0) is 32.5. The summed E-state index contributed by atoms with van der Waals surface area (Å²) >= 11 is 0. The van der Waals surface area contributed by atoms with E-state index in [2.05, 4.69) is 39.0 Å². The van der Waals surface area contributed by atoms with Crippen molar-refractivity contribution in [2.45, 2.75) is 77.0 Å².